The van der Waals surface area contributed by atoms with Gasteiger partial charge < -0.3 is 59.5 Å². The first-order chi connectivity index (χ1) is 20.8. The van der Waals surface area contributed by atoms with E-state index in [0.717, 1.165) is 48.5 Å². The molecule has 0 aliphatic carbocycles. The van der Waals surface area contributed by atoms with Crippen LogP contribution in [-0.2, 0) is 5.79 Å². The Hall–Kier alpha value is -6.28. The first kappa shape index (κ1) is 26.6. The van der Waals surface area contributed by atoms with E-state index in [1.807, 2.05) is 0 Å². The zero-order chi connectivity index (χ0) is 31.3. The van der Waals surface area contributed by atoms with E-state index in [9.17, 15) is 50.4 Å². The molecule has 2 atom stereocenters. The van der Waals surface area contributed by atoms with Gasteiger partial charge in [0.1, 0.15) is 45.3 Å². The molecule has 0 bridgehead atoms. The van der Waals surface area contributed by atoms with Crippen LogP contribution in [0.3, 0.4) is 0 Å². The molecule has 1 aromatic heterocycles. The zero-order valence-electron chi connectivity index (χ0n) is 21.8. The Morgan fingerprint density at radius 3 is 2.07 bits per heavy atom. The molecule has 14 nitrogen and oxygen atoms in total. The summed E-state index contributed by atoms with van der Waals surface area (Å²) in [5.41, 5.74) is -2.15. The summed E-state index contributed by atoms with van der Waals surface area (Å²) in [4.78, 5) is 26.7. The topological polar surface area (TPSA) is 237 Å². The van der Waals surface area contributed by atoms with Crippen LogP contribution in [-0.4, -0.2) is 52.4 Å². The van der Waals surface area contributed by atoms with Gasteiger partial charge in [0, 0.05) is 35.4 Å². The van der Waals surface area contributed by atoms with Gasteiger partial charge in [-0.25, -0.2) is 0 Å². The van der Waals surface area contributed by atoms with Gasteiger partial charge in [-0.05, 0) is 36.4 Å². The zero-order valence-corrected chi connectivity index (χ0v) is 21.8. The van der Waals surface area contributed by atoms with Gasteiger partial charge in [-0.1, -0.05) is 0 Å². The molecule has 7 rings (SSSR count). The van der Waals surface area contributed by atoms with Gasteiger partial charge in [-0.3, -0.25) is 9.59 Å². The molecule has 0 radical (unpaired) electrons. The smallest absolute Gasteiger partial charge is 0.357 e. The normalized spacial score (nSPS) is 20.1. The van der Waals surface area contributed by atoms with Crippen LogP contribution in [0.5, 0.6) is 57.5 Å². The minimum absolute atomic E-state index is 0.0394. The summed E-state index contributed by atoms with van der Waals surface area (Å²) >= 11 is 0. The average Bonchev–Trinajstić information content (AvgIpc) is 2.95. The van der Waals surface area contributed by atoms with Crippen molar-refractivity contribution in [2.45, 2.75) is 11.6 Å². The van der Waals surface area contributed by atoms with Crippen molar-refractivity contribution in [3.63, 3.8) is 0 Å². The third-order valence-corrected chi connectivity index (χ3v) is 7.31. The van der Waals surface area contributed by atoms with Crippen molar-refractivity contribution < 1.29 is 64.3 Å². The number of phenolic OH excluding ortho intramolecular Hbond substituents is 6. The van der Waals surface area contributed by atoms with Crippen molar-refractivity contribution in [3.05, 3.63) is 82.0 Å². The number of ether oxygens (including phenoxy) is 3. The molecule has 5 aromatic rings. The second-order valence-electron chi connectivity index (χ2n) is 10.0. The van der Waals surface area contributed by atoms with E-state index >= 15 is 0 Å². The van der Waals surface area contributed by atoms with E-state index in [2.05, 4.69) is 0 Å². The summed E-state index contributed by atoms with van der Waals surface area (Å²) in [6.07, 6.45) is 0. The fourth-order valence-electron chi connectivity index (χ4n) is 5.28. The van der Waals surface area contributed by atoms with Crippen LogP contribution < -0.4 is 19.6 Å². The molecule has 2 aliphatic heterocycles. The third kappa shape index (κ3) is 3.45. The molecule has 14 heteroatoms. The summed E-state index contributed by atoms with van der Waals surface area (Å²) in [6, 6.07) is 10.6. The van der Waals surface area contributed by atoms with Gasteiger partial charge in [0.05, 0.1) is 0 Å². The van der Waals surface area contributed by atoms with E-state index in [1.54, 1.807) is 0 Å². The number of hydrogen-bond acceptors (Lipinski definition) is 14. The number of ketones is 1. The van der Waals surface area contributed by atoms with E-state index in [-0.39, 0.29) is 28.2 Å². The lowest BCUT2D eigenvalue weighted by atomic mass is 9.85. The summed E-state index contributed by atoms with van der Waals surface area (Å²) in [7, 11) is 0. The molecule has 0 spiro atoms. The van der Waals surface area contributed by atoms with E-state index in [1.165, 1.54) is 12.1 Å². The number of carbonyl (C=O) groups excluding carboxylic acids is 1. The number of Topliss-reactive ketones (excluding diaryl/α,β-unsaturated/α-hetero) is 1. The molecule has 0 amide bonds. The Labute approximate surface area is 243 Å². The number of rotatable bonds is 2. The number of aromatic hydroxyl groups is 7. The van der Waals surface area contributed by atoms with Gasteiger partial charge in [-0.15, -0.1) is 0 Å². The third-order valence-electron chi connectivity index (χ3n) is 7.31. The monoisotopic (exact) mass is 602 g/mol. The molecular weight excluding hydrogens is 584 g/mol. The van der Waals surface area contributed by atoms with Crippen LogP contribution in [0.4, 0.5) is 0 Å². The second kappa shape index (κ2) is 8.62. The maximum atomic E-state index is 13.9. The van der Waals surface area contributed by atoms with Crippen molar-refractivity contribution in [1.29, 1.82) is 0 Å². The summed E-state index contributed by atoms with van der Waals surface area (Å²) in [5.74, 6) is -12.9. The second-order valence-corrected chi connectivity index (χ2v) is 10.0. The molecule has 0 saturated heterocycles. The highest BCUT2D eigenvalue weighted by molar-refractivity contribution is 6.08. The highest BCUT2D eigenvalue weighted by atomic mass is 16.8. The SMILES string of the molecule is O=C1c2c(O)cc(O)cc2O[C@]2(c3ccc(O)c(O)c3)Oc3ccc(-c4oc5cc(O)cc(O)c5c(=O)c4O)cc3O[C@]12O. The van der Waals surface area contributed by atoms with Crippen LogP contribution in [0.25, 0.3) is 22.3 Å². The average molecular weight is 602 g/mol. The fraction of sp³-hybridized carbons (Fsp3) is 0.0667. The molecule has 0 unspecified atom stereocenters. The molecular formula is C30H18O14. The molecule has 4 aromatic carbocycles. The van der Waals surface area contributed by atoms with Gasteiger partial charge in [0.15, 0.2) is 28.8 Å². The first-order valence-corrected chi connectivity index (χ1v) is 12.6. The number of aliphatic hydroxyl groups is 1. The lowest BCUT2D eigenvalue weighted by molar-refractivity contribution is -0.316. The van der Waals surface area contributed by atoms with Crippen LogP contribution in [0, 0.1) is 0 Å². The Morgan fingerprint density at radius 1 is 0.614 bits per heavy atom. The van der Waals surface area contributed by atoms with Crippen molar-refractivity contribution in [3.8, 4) is 68.8 Å². The van der Waals surface area contributed by atoms with Crippen LogP contribution >= 0.6 is 0 Å². The molecule has 8 N–H and O–H groups in total. The summed E-state index contributed by atoms with van der Waals surface area (Å²) < 4.78 is 23.4. The summed E-state index contributed by atoms with van der Waals surface area (Å²) in [5, 5.41) is 82.8. The van der Waals surface area contributed by atoms with Crippen LogP contribution in [0.2, 0.25) is 0 Å². The fourth-order valence-corrected chi connectivity index (χ4v) is 5.28. The van der Waals surface area contributed by atoms with Crippen molar-refractivity contribution in [2.75, 3.05) is 0 Å². The minimum atomic E-state index is -3.15. The summed E-state index contributed by atoms with van der Waals surface area (Å²) in [6.45, 7) is 0. The van der Waals surface area contributed by atoms with E-state index in [4.69, 9.17) is 18.6 Å². The first-order valence-electron chi connectivity index (χ1n) is 12.6. The molecule has 0 saturated carbocycles. The van der Waals surface area contributed by atoms with Crippen LogP contribution in [0.15, 0.2) is 69.9 Å². The minimum Gasteiger partial charge on any atom is -0.508 e. The number of phenols is 6. The molecule has 3 heterocycles. The predicted molar refractivity (Wildman–Crippen MR) is 145 cm³/mol. The molecule has 2 aliphatic rings. The maximum Gasteiger partial charge on any atom is 0.357 e. The van der Waals surface area contributed by atoms with Crippen LogP contribution in [0.1, 0.15) is 15.9 Å². The van der Waals surface area contributed by atoms with Gasteiger partial charge in [0.2, 0.25) is 11.2 Å². The Kier molecular flexibility index (Phi) is 5.21. The molecule has 0 fully saturated rings. The Balaban J connectivity index is 1.43. The maximum absolute atomic E-state index is 13.9. The molecule has 222 valence electrons. The number of fused-ring (bicyclic) bond motifs is 4. The highest BCUT2D eigenvalue weighted by Crippen LogP contribution is 2.56. The molecule has 44 heavy (non-hydrogen) atoms. The van der Waals surface area contributed by atoms with Crippen molar-refractivity contribution in [2.24, 2.45) is 0 Å². The largest absolute Gasteiger partial charge is 0.508 e. The van der Waals surface area contributed by atoms with E-state index in [0.29, 0.717) is 0 Å². The van der Waals surface area contributed by atoms with Gasteiger partial charge >= 0.3 is 11.6 Å². The van der Waals surface area contributed by atoms with Gasteiger partial charge in [-0.2, -0.15) is 0 Å². The van der Waals surface area contributed by atoms with Gasteiger partial charge in [0.25, 0.3) is 5.78 Å². The lowest BCUT2D eigenvalue weighted by Gasteiger charge is -2.50. The predicted octanol–water partition coefficient (Wildman–Crippen LogP) is 2.99. The van der Waals surface area contributed by atoms with Crippen molar-refractivity contribution in [1.82, 2.24) is 0 Å². The Morgan fingerprint density at radius 2 is 1.32 bits per heavy atom. The lowest BCUT2D eigenvalue weighted by Crippen LogP contribution is -2.70. The Bertz CT molecular complexity index is 2150. The quantitative estimate of drug-likeness (QED) is 0.136. The van der Waals surface area contributed by atoms with Crippen molar-refractivity contribution >= 4 is 16.8 Å². The number of carbonyl (C=O) groups is 1. The number of hydrogen-bond donors (Lipinski definition) is 8. The van der Waals surface area contributed by atoms with E-state index < -0.39 is 85.5 Å². The number of benzene rings is 4. The standard InChI is InChI=1S/C30H18O14/c31-13-7-17(35)23-21(9-13)41-27(26(38)25(23)37)11-1-4-19-20(5-11)42-29(40)28(39)24-18(36)8-14(32)10-22(24)44-30(29,43-19)12-2-3-15(33)16(34)6-12/h1-10,31-36,38,40H/t29-,30+/m1/s1. The highest BCUT2D eigenvalue weighted by Gasteiger charge is 2.70.